The van der Waals surface area contributed by atoms with Gasteiger partial charge in [-0.2, -0.15) is 0 Å². The van der Waals surface area contributed by atoms with Gasteiger partial charge < -0.3 is 5.32 Å². The van der Waals surface area contributed by atoms with E-state index in [2.05, 4.69) is 26.0 Å². The van der Waals surface area contributed by atoms with Gasteiger partial charge in [-0.3, -0.25) is 4.79 Å². The van der Waals surface area contributed by atoms with Gasteiger partial charge in [0.15, 0.2) is 0 Å². The Labute approximate surface area is 133 Å². The molecule has 1 aliphatic rings. The Morgan fingerprint density at radius 3 is 2.57 bits per heavy atom. The Kier molecular flexibility index (Phi) is 5.78. The monoisotopic (exact) mass is 374 g/mol. The molecule has 7 heteroatoms. The van der Waals surface area contributed by atoms with Crippen molar-refractivity contribution in [2.24, 2.45) is 0 Å². The third-order valence-corrected chi connectivity index (χ3v) is 5.96. The number of amides is 1. The maximum Gasteiger partial charge on any atom is 0.241 e. The molecule has 0 aliphatic heterocycles. The van der Waals surface area contributed by atoms with Crippen molar-refractivity contribution in [3.63, 3.8) is 0 Å². The minimum absolute atomic E-state index is 0.0994. The van der Waals surface area contributed by atoms with Gasteiger partial charge in [-0.15, -0.1) is 0 Å². The van der Waals surface area contributed by atoms with Gasteiger partial charge in [0.25, 0.3) is 0 Å². The number of sulfonamides is 1. The van der Waals surface area contributed by atoms with Gasteiger partial charge in [0.2, 0.25) is 15.9 Å². The molecule has 116 valence electrons. The molecule has 21 heavy (non-hydrogen) atoms. The SMILES string of the molecule is O=C(CCNS(=O)(=O)c1ccccc1Br)NC1CCCC1. The molecule has 1 aliphatic carbocycles. The third-order valence-electron chi connectivity index (χ3n) is 3.49. The Morgan fingerprint density at radius 2 is 1.90 bits per heavy atom. The van der Waals surface area contributed by atoms with Gasteiger partial charge >= 0.3 is 0 Å². The van der Waals surface area contributed by atoms with E-state index in [1.165, 1.54) is 6.07 Å². The first-order valence-electron chi connectivity index (χ1n) is 7.02. The maximum absolute atomic E-state index is 12.1. The van der Waals surface area contributed by atoms with Crippen LogP contribution in [-0.4, -0.2) is 26.9 Å². The quantitative estimate of drug-likeness (QED) is 0.800. The van der Waals surface area contributed by atoms with Crippen LogP contribution in [0.15, 0.2) is 33.6 Å². The van der Waals surface area contributed by atoms with Gasteiger partial charge in [0, 0.05) is 23.5 Å². The van der Waals surface area contributed by atoms with Crippen molar-refractivity contribution in [2.75, 3.05) is 6.54 Å². The van der Waals surface area contributed by atoms with Crippen molar-refractivity contribution in [2.45, 2.75) is 43.0 Å². The van der Waals surface area contributed by atoms with Crippen LogP contribution < -0.4 is 10.0 Å². The molecule has 0 aromatic heterocycles. The summed E-state index contributed by atoms with van der Waals surface area (Å²) >= 11 is 3.21. The van der Waals surface area contributed by atoms with Crippen LogP contribution in [0.5, 0.6) is 0 Å². The average Bonchev–Trinajstić information content (AvgIpc) is 2.91. The lowest BCUT2D eigenvalue weighted by Crippen LogP contribution is -2.35. The van der Waals surface area contributed by atoms with Crippen LogP contribution in [0.2, 0.25) is 0 Å². The van der Waals surface area contributed by atoms with Gasteiger partial charge in [0.1, 0.15) is 0 Å². The molecule has 0 bridgehead atoms. The smallest absolute Gasteiger partial charge is 0.241 e. The van der Waals surface area contributed by atoms with E-state index < -0.39 is 10.0 Å². The van der Waals surface area contributed by atoms with Crippen molar-refractivity contribution >= 4 is 31.9 Å². The Hall–Kier alpha value is -0.920. The molecule has 2 N–H and O–H groups in total. The standard InChI is InChI=1S/C14H19BrN2O3S/c15-12-7-3-4-8-13(12)21(19,20)16-10-9-14(18)17-11-5-1-2-6-11/h3-4,7-8,11,16H,1-2,5-6,9-10H2,(H,17,18). The van der Waals surface area contributed by atoms with E-state index in [1.54, 1.807) is 18.2 Å². The predicted octanol–water partition coefficient (Wildman–Crippen LogP) is 2.18. The summed E-state index contributed by atoms with van der Waals surface area (Å²) in [4.78, 5) is 11.9. The van der Waals surface area contributed by atoms with E-state index in [9.17, 15) is 13.2 Å². The average molecular weight is 375 g/mol. The van der Waals surface area contributed by atoms with Crippen molar-refractivity contribution in [1.29, 1.82) is 0 Å². The van der Waals surface area contributed by atoms with E-state index in [1.807, 2.05) is 0 Å². The molecule has 0 unspecified atom stereocenters. The summed E-state index contributed by atoms with van der Waals surface area (Å²) in [5, 5.41) is 2.93. The van der Waals surface area contributed by atoms with Crippen molar-refractivity contribution in [1.82, 2.24) is 10.0 Å². The van der Waals surface area contributed by atoms with Gasteiger partial charge in [0.05, 0.1) is 4.90 Å². The molecule has 0 spiro atoms. The summed E-state index contributed by atoms with van der Waals surface area (Å²) in [5.41, 5.74) is 0. The van der Waals surface area contributed by atoms with Crippen molar-refractivity contribution < 1.29 is 13.2 Å². The maximum atomic E-state index is 12.1. The lowest BCUT2D eigenvalue weighted by Gasteiger charge is -2.12. The zero-order chi connectivity index (χ0) is 15.3. The van der Waals surface area contributed by atoms with Crippen LogP contribution in [0.25, 0.3) is 0 Å². The van der Waals surface area contributed by atoms with Gasteiger partial charge in [-0.25, -0.2) is 13.1 Å². The Balaban J connectivity index is 1.82. The molecular formula is C14H19BrN2O3S. The highest BCUT2D eigenvalue weighted by atomic mass is 79.9. The molecule has 1 aromatic carbocycles. The minimum Gasteiger partial charge on any atom is -0.353 e. The van der Waals surface area contributed by atoms with E-state index in [0.717, 1.165) is 25.7 Å². The first kappa shape index (κ1) is 16.5. The second-order valence-corrected chi connectivity index (χ2v) is 7.72. The molecule has 5 nitrogen and oxygen atoms in total. The first-order chi connectivity index (χ1) is 9.99. The lowest BCUT2D eigenvalue weighted by molar-refractivity contribution is -0.121. The van der Waals surface area contributed by atoms with Crippen LogP contribution in [0.4, 0.5) is 0 Å². The van der Waals surface area contributed by atoms with E-state index in [4.69, 9.17) is 0 Å². The largest absolute Gasteiger partial charge is 0.353 e. The number of rotatable bonds is 6. The van der Waals surface area contributed by atoms with Gasteiger partial charge in [-0.1, -0.05) is 25.0 Å². The predicted molar refractivity (Wildman–Crippen MR) is 84.3 cm³/mol. The summed E-state index contributed by atoms with van der Waals surface area (Å²) in [6, 6.07) is 6.86. The molecular weight excluding hydrogens is 356 g/mol. The van der Waals surface area contributed by atoms with Crippen LogP contribution in [0.1, 0.15) is 32.1 Å². The molecule has 0 atom stereocenters. The Morgan fingerprint density at radius 1 is 1.24 bits per heavy atom. The normalized spacial score (nSPS) is 16.0. The van der Waals surface area contributed by atoms with Crippen LogP contribution >= 0.6 is 15.9 Å². The molecule has 1 amide bonds. The zero-order valence-electron chi connectivity index (χ0n) is 11.6. The molecule has 1 fully saturated rings. The van der Waals surface area contributed by atoms with E-state index in [-0.39, 0.29) is 29.8 Å². The highest BCUT2D eigenvalue weighted by molar-refractivity contribution is 9.10. The number of carbonyl (C=O) groups excluding carboxylic acids is 1. The molecule has 0 saturated heterocycles. The molecule has 0 radical (unpaired) electrons. The summed E-state index contributed by atoms with van der Waals surface area (Å²) in [7, 11) is -3.59. The number of benzene rings is 1. The highest BCUT2D eigenvalue weighted by Gasteiger charge is 2.19. The lowest BCUT2D eigenvalue weighted by atomic mass is 10.2. The third kappa shape index (κ3) is 4.79. The highest BCUT2D eigenvalue weighted by Crippen LogP contribution is 2.20. The van der Waals surface area contributed by atoms with Gasteiger partial charge in [-0.05, 0) is 40.9 Å². The Bertz CT molecular complexity index is 598. The minimum atomic E-state index is -3.59. The van der Waals surface area contributed by atoms with E-state index in [0.29, 0.717) is 4.47 Å². The number of carbonyl (C=O) groups is 1. The summed E-state index contributed by atoms with van der Waals surface area (Å²) in [5.74, 6) is -0.100. The fourth-order valence-corrected chi connectivity index (χ4v) is 4.44. The fourth-order valence-electron chi connectivity index (χ4n) is 2.41. The summed E-state index contributed by atoms with van der Waals surface area (Å²) in [6.07, 6.45) is 4.50. The van der Waals surface area contributed by atoms with E-state index >= 15 is 0 Å². The van der Waals surface area contributed by atoms with Crippen LogP contribution in [-0.2, 0) is 14.8 Å². The first-order valence-corrected chi connectivity index (χ1v) is 9.30. The fraction of sp³-hybridized carbons (Fsp3) is 0.500. The number of nitrogens with one attached hydrogen (secondary N) is 2. The number of halogens is 1. The summed E-state index contributed by atoms with van der Waals surface area (Å²) in [6.45, 7) is 0.0994. The molecule has 0 heterocycles. The van der Waals surface area contributed by atoms with Crippen LogP contribution in [0.3, 0.4) is 0 Å². The second kappa shape index (κ2) is 7.38. The van der Waals surface area contributed by atoms with Crippen molar-refractivity contribution in [3.05, 3.63) is 28.7 Å². The second-order valence-electron chi connectivity index (χ2n) is 5.13. The molecule has 1 aromatic rings. The zero-order valence-corrected chi connectivity index (χ0v) is 14.0. The van der Waals surface area contributed by atoms with Crippen molar-refractivity contribution in [3.8, 4) is 0 Å². The molecule has 1 saturated carbocycles. The molecule has 2 rings (SSSR count). The van der Waals surface area contributed by atoms with Crippen LogP contribution in [0, 0.1) is 0 Å². The number of hydrogen-bond acceptors (Lipinski definition) is 3. The summed E-state index contributed by atoms with van der Waals surface area (Å²) < 4.78 is 27.2. The number of hydrogen-bond donors (Lipinski definition) is 2. The topological polar surface area (TPSA) is 75.3 Å².